The van der Waals surface area contributed by atoms with Gasteiger partial charge in [0.15, 0.2) is 0 Å². The highest BCUT2D eigenvalue weighted by Crippen LogP contribution is 2.33. The van der Waals surface area contributed by atoms with Crippen molar-refractivity contribution >= 4 is 73.9 Å². The number of hydrogen-bond acceptors (Lipinski definition) is 4. The third kappa shape index (κ3) is 8.54. The Hall–Kier alpha value is -2.49. The molecule has 0 saturated heterocycles. The molecule has 0 heterocycles. The van der Waals surface area contributed by atoms with Crippen LogP contribution in [0.1, 0.15) is 38.3 Å². The molecule has 0 aliphatic carbocycles. The minimum absolute atomic E-state index is 0.0277. The van der Waals surface area contributed by atoms with Crippen molar-refractivity contribution in [1.29, 1.82) is 0 Å². The largest absolute Gasteiger partial charge is 0.354 e. The molecular formula is C30H33Cl4N3O4S. The molecule has 1 unspecified atom stereocenters. The van der Waals surface area contributed by atoms with Gasteiger partial charge in [-0.2, -0.15) is 0 Å². The van der Waals surface area contributed by atoms with Crippen molar-refractivity contribution in [2.24, 2.45) is 5.92 Å². The van der Waals surface area contributed by atoms with Crippen LogP contribution in [-0.2, 0) is 26.2 Å². The summed E-state index contributed by atoms with van der Waals surface area (Å²) in [6.07, 6.45) is 0.267. The molecule has 1 atom stereocenters. The highest BCUT2D eigenvalue weighted by molar-refractivity contribution is 7.92. The smallest absolute Gasteiger partial charge is 0.264 e. The van der Waals surface area contributed by atoms with Crippen LogP contribution < -0.4 is 9.62 Å². The van der Waals surface area contributed by atoms with Gasteiger partial charge in [-0.1, -0.05) is 90.9 Å². The summed E-state index contributed by atoms with van der Waals surface area (Å²) in [5.74, 6) is -0.820. The Morgan fingerprint density at radius 3 is 2.10 bits per heavy atom. The molecule has 0 aliphatic heterocycles. The van der Waals surface area contributed by atoms with Gasteiger partial charge < -0.3 is 10.2 Å². The number of rotatable bonds is 12. The van der Waals surface area contributed by atoms with Crippen LogP contribution in [0.25, 0.3) is 0 Å². The lowest BCUT2D eigenvalue weighted by Crippen LogP contribution is -2.52. The van der Waals surface area contributed by atoms with Gasteiger partial charge in [-0.25, -0.2) is 8.42 Å². The third-order valence-corrected chi connectivity index (χ3v) is 9.41. The standard InChI is InChI=1S/C30H33Cl4N3O4S/c1-5-27(30(39)35-16-19(2)3)36(17-21-8-9-22(31)14-26(21)34)29(38)18-37(28-15-23(32)10-13-25(28)33)42(40,41)24-11-6-20(4)7-12-24/h6-15,19,27H,5,16-18H2,1-4H3,(H,35,39). The number of carbonyl (C=O) groups excluding carboxylic acids is 2. The van der Waals surface area contributed by atoms with E-state index in [2.05, 4.69) is 5.32 Å². The second-order valence-electron chi connectivity index (χ2n) is 10.2. The summed E-state index contributed by atoms with van der Waals surface area (Å²) < 4.78 is 28.9. The summed E-state index contributed by atoms with van der Waals surface area (Å²) in [7, 11) is -4.30. The maximum atomic E-state index is 14.2. The molecular weight excluding hydrogens is 640 g/mol. The average Bonchev–Trinajstić information content (AvgIpc) is 2.93. The van der Waals surface area contributed by atoms with Gasteiger partial charge >= 0.3 is 0 Å². The number of nitrogens with one attached hydrogen (secondary N) is 1. The van der Waals surface area contributed by atoms with Crippen molar-refractivity contribution in [3.05, 3.63) is 91.9 Å². The number of nitrogens with zero attached hydrogens (tertiary/aromatic N) is 2. The number of halogens is 4. The highest BCUT2D eigenvalue weighted by atomic mass is 35.5. The predicted octanol–water partition coefficient (Wildman–Crippen LogP) is 7.38. The molecule has 3 aromatic carbocycles. The molecule has 0 radical (unpaired) electrons. The number of benzene rings is 3. The van der Waals surface area contributed by atoms with Gasteiger partial charge in [-0.15, -0.1) is 0 Å². The second-order valence-corrected chi connectivity index (χ2v) is 13.8. The monoisotopic (exact) mass is 671 g/mol. The van der Waals surface area contributed by atoms with E-state index in [1.165, 1.54) is 35.2 Å². The van der Waals surface area contributed by atoms with E-state index in [0.717, 1.165) is 9.87 Å². The topological polar surface area (TPSA) is 86.8 Å². The van der Waals surface area contributed by atoms with E-state index in [1.54, 1.807) is 37.3 Å². The zero-order chi connectivity index (χ0) is 31.2. The van der Waals surface area contributed by atoms with E-state index in [0.29, 0.717) is 22.2 Å². The minimum atomic E-state index is -4.30. The minimum Gasteiger partial charge on any atom is -0.354 e. The van der Waals surface area contributed by atoms with Gasteiger partial charge in [0.1, 0.15) is 12.6 Å². The van der Waals surface area contributed by atoms with Gasteiger partial charge in [0.05, 0.1) is 15.6 Å². The van der Waals surface area contributed by atoms with Crippen LogP contribution in [0.5, 0.6) is 0 Å². The van der Waals surface area contributed by atoms with E-state index in [1.807, 2.05) is 20.8 Å². The Kier molecular flexibility index (Phi) is 12.0. The Bertz CT molecular complexity index is 1530. The fourth-order valence-corrected chi connectivity index (χ4v) is 6.53. The molecule has 0 aromatic heterocycles. The average molecular weight is 673 g/mol. The van der Waals surface area contributed by atoms with E-state index >= 15 is 0 Å². The summed E-state index contributed by atoms with van der Waals surface area (Å²) in [5.41, 5.74) is 1.43. The first-order valence-corrected chi connectivity index (χ1v) is 16.2. The lowest BCUT2D eigenvalue weighted by Gasteiger charge is -2.33. The Morgan fingerprint density at radius 2 is 1.50 bits per heavy atom. The molecule has 3 aromatic rings. The molecule has 7 nitrogen and oxygen atoms in total. The summed E-state index contributed by atoms with van der Waals surface area (Å²) in [6, 6.07) is 14.5. The molecule has 0 bridgehead atoms. The van der Waals surface area contributed by atoms with Gasteiger partial charge in [-0.3, -0.25) is 13.9 Å². The quantitative estimate of drug-likeness (QED) is 0.218. The van der Waals surface area contributed by atoms with E-state index < -0.39 is 28.5 Å². The fraction of sp³-hybridized carbons (Fsp3) is 0.333. The van der Waals surface area contributed by atoms with Gasteiger partial charge in [0.2, 0.25) is 11.8 Å². The normalized spacial score (nSPS) is 12.2. The number of aryl methyl sites for hydroxylation is 1. The first kappa shape index (κ1) is 34.0. The van der Waals surface area contributed by atoms with Crippen LogP contribution in [0.3, 0.4) is 0 Å². The van der Waals surface area contributed by atoms with Gasteiger partial charge in [0, 0.05) is 28.2 Å². The lowest BCUT2D eigenvalue weighted by atomic mass is 10.1. The molecule has 0 fully saturated rings. The van der Waals surface area contributed by atoms with E-state index in [-0.39, 0.29) is 45.4 Å². The van der Waals surface area contributed by atoms with Crippen molar-refractivity contribution in [2.75, 3.05) is 17.4 Å². The molecule has 0 aliphatic rings. The first-order chi connectivity index (χ1) is 19.7. The molecule has 1 N–H and O–H groups in total. The van der Waals surface area contributed by atoms with E-state index in [9.17, 15) is 18.0 Å². The molecule has 3 rings (SSSR count). The summed E-state index contributed by atoms with van der Waals surface area (Å²) in [5, 5.41) is 3.91. The molecule has 226 valence electrons. The van der Waals surface area contributed by atoms with Crippen LogP contribution in [-0.4, -0.2) is 44.3 Å². The molecule has 12 heteroatoms. The number of hydrogen-bond donors (Lipinski definition) is 1. The molecule has 42 heavy (non-hydrogen) atoms. The maximum Gasteiger partial charge on any atom is 0.264 e. The number of carbonyl (C=O) groups is 2. The lowest BCUT2D eigenvalue weighted by molar-refractivity contribution is -0.140. The number of anilines is 1. The summed E-state index contributed by atoms with van der Waals surface area (Å²) in [4.78, 5) is 28.8. The predicted molar refractivity (Wildman–Crippen MR) is 171 cm³/mol. The molecule has 2 amide bonds. The fourth-order valence-electron chi connectivity index (χ4n) is 4.20. The molecule has 0 spiro atoms. The van der Waals surface area contributed by atoms with Crippen molar-refractivity contribution in [2.45, 2.75) is 51.6 Å². The number of sulfonamides is 1. The Balaban J connectivity index is 2.11. The van der Waals surface area contributed by atoms with Gasteiger partial charge in [-0.05, 0) is 67.3 Å². The van der Waals surface area contributed by atoms with Crippen LogP contribution in [0.4, 0.5) is 5.69 Å². The number of amides is 2. The van der Waals surface area contributed by atoms with Crippen molar-refractivity contribution in [1.82, 2.24) is 10.2 Å². The van der Waals surface area contributed by atoms with Crippen LogP contribution in [0.15, 0.2) is 65.6 Å². The third-order valence-electron chi connectivity index (χ3n) is 6.49. The van der Waals surface area contributed by atoms with E-state index in [4.69, 9.17) is 46.4 Å². The van der Waals surface area contributed by atoms with Crippen molar-refractivity contribution < 1.29 is 18.0 Å². The SMILES string of the molecule is CCC(C(=O)NCC(C)C)N(Cc1ccc(Cl)cc1Cl)C(=O)CN(c1cc(Cl)ccc1Cl)S(=O)(=O)c1ccc(C)cc1. The van der Waals surface area contributed by atoms with Crippen LogP contribution in [0.2, 0.25) is 20.1 Å². The Labute approximate surface area is 267 Å². The zero-order valence-corrected chi connectivity index (χ0v) is 27.5. The van der Waals surface area contributed by atoms with Gasteiger partial charge in [0.25, 0.3) is 10.0 Å². The molecule has 0 saturated carbocycles. The first-order valence-electron chi connectivity index (χ1n) is 13.3. The van der Waals surface area contributed by atoms with Crippen molar-refractivity contribution in [3.63, 3.8) is 0 Å². The second kappa shape index (κ2) is 14.8. The van der Waals surface area contributed by atoms with Crippen LogP contribution >= 0.6 is 46.4 Å². The van der Waals surface area contributed by atoms with Crippen molar-refractivity contribution in [3.8, 4) is 0 Å². The zero-order valence-electron chi connectivity index (χ0n) is 23.7. The summed E-state index contributed by atoms with van der Waals surface area (Å²) in [6.45, 7) is 7.21. The Morgan fingerprint density at radius 1 is 0.881 bits per heavy atom. The summed E-state index contributed by atoms with van der Waals surface area (Å²) >= 11 is 25.2. The highest BCUT2D eigenvalue weighted by Gasteiger charge is 2.34. The maximum absolute atomic E-state index is 14.2. The van der Waals surface area contributed by atoms with Crippen LogP contribution in [0, 0.1) is 12.8 Å².